The number of aromatic nitrogens is 2. The Labute approximate surface area is 110 Å². The van der Waals surface area contributed by atoms with Crippen LogP contribution in [-0.2, 0) is 0 Å². The summed E-state index contributed by atoms with van der Waals surface area (Å²) in [5.74, 6) is 0.273. The third-order valence-corrected chi connectivity index (χ3v) is 2.65. The fraction of sp³-hybridized carbons (Fsp3) is 0.286. The van der Waals surface area contributed by atoms with E-state index in [0.29, 0.717) is 11.4 Å². The smallest absolute Gasteiger partial charge is 0.254 e. The highest BCUT2D eigenvalue weighted by Gasteiger charge is 2.10. The topological polar surface area (TPSA) is 55.0 Å². The molecule has 0 unspecified atom stereocenters. The van der Waals surface area contributed by atoms with Gasteiger partial charge < -0.3 is 9.72 Å². The van der Waals surface area contributed by atoms with E-state index in [9.17, 15) is 9.18 Å². The van der Waals surface area contributed by atoms with Crippen LogP contribution in [0.2, 0.25) is 0 Å². The molecule has 0 bridgehead atoms. The molecule has 2 rings (SSSR count). The summed E-state index contributed by atoms with van der Waals surface area (Å²) in [6.07, 6.45) is 0. The first-order chi connectivity index (χ1) is 8.97. The number of hydrogen-bond donors (Lipinski definition) is 1. The molecule has 5 heteroatoms. The number of nitrogens with one attached hydrogen (secondary N) is 1. The lowest BCUT2D eigenvalue weighted by Crippen LogP contribution is -2.12. The van der Waals surface area contributed by atoms with Gasteiger partial charge in [0.2, 0.25) is 5.88 Å². The molecular weight excluding hydrogens is 247 g/mol. The Morgan fingerprint density at radius 2 is 2.11 bits per heavy atom. The van der Waals surface area contributed by atoms with E-state index in [2.05, 4.69) is 9.97 Å². The van der Waals surface area contributed by atoms with Crippen LogP contribution in [-0.4, -0.2) is 9.97 Å². The van der Waals surface area contributed by atoms with Crippen molar-refractivity contribution >= 4 is 0 Å². The Kier molecular flexibility index (Phi) is 3.64. The van der Waals surface area contributed by atoms with Crippen LogP contribution in [0.1, 0.15) is 31.2 Å². The van der Waals surface area contributed by atoms with Gasteiger partial charge in [-0.25, -0.2) is 4.39 Å². The number of aryl methyl sites for hydroxylation is 1. The first-order valence-corrected chi connectivity index (χ1v) is 6.01. The summed E-state index contributed by atoms with van der Waals surface area (Å²) >= 11 is 0. The highest BCUT2D eigenvalue weighted by atomic mass is 19.1. The number of halogens is 1. The molecule has 0 aliphatic carbocycles. The maximum atomic E-state index is 13.8. The molecule has 0 amide bonds. The molecule has 1 aromatic carbocycles. The van der Waals surface area contributed by atoms with Gasteiger partial charge in [0.05, 0.1) is 6.07 Å². The molecule has 1 N–H and O–H groups in total. The van der Waals surface area contributed by atoms with E-state index >= 15 is 0 Å². The third kappa shape index (κ3) is 2.99. The van der Waals surface area contributed by atoms with Crippen molar-refractivity contribution in [2.24, 2.45) is 0 Å². The van der Waals surface area contributed by atoms with E-state index in [0.717, 1.165) is 0 Å². The summed E-state index contributed by atoms with van der Waals surface area (Å²) in [4.78, 5) is 18.3. The number of benzene rings is 1. The van der Waals surface area contributed by atoms with Gasteiger partial charge in [-0.1, -0.05) is 26.0 Å². The SMILES string of the molecule is Cc1cccc(Oc2cc(=O)[nH]c(C(C)C)n2)c1F. The highest BCUT2D eigenvalue weighted by molar-refractivity contribution is 5.32. The molecule has 0 atom stereocenters. The van der Waals surface area contributed by atoms with Gasteiger partial charge in [-0.05, 0) is 18.6 Å². The molecule has 1 heterocycles. The molecule has 0 aliphatic heterocycles. The fourth-order valence-electron chi connectivity index (χ4n) is 1.59. The predicted molar refractivity (Wildman–Crippen MR) is 70.2 cm³/mol. The number of aromatic amines is 1. The minimum absolute atomic E-state index is 0.0543. The number of nitrogens with zero attached hydrogens (tertiary/aromatic N) is 1. The van der Waals surface area contributed by atoms with E-state index in [-0.39, 0.29) is 23.1 Å². The van der Waals surface area contributed by atoms with E-state index in [1.165, 1.54) is 12.1 Å². The molecule has 2 aromatic rings. The molecule has 0 radical (unpaired) electrons. The van der Waals surface area contributed by atoms with Crippen LogP contribution < -0.4 is 10.3 Å². The summed E-state index contributed by atoms with van der Waals surface area (Å²) in [7, 11) is 0. The quantitative estimate of drug-likeness (QED) is 0.924. The first kappa shape index (κ1) is 13.3. The lowest BCUT2D eigenvalue weighted by Gasteiger charge is -2.09. The van der Waals surface area contributed by atoms with E-state index < -0.39 is 5.82 Å². The molecule has 19 heavy (non-hydrogen) atoms. The van der Waals surface area contributed by atoms with Gasteiger partial charge in [0.25, 0.3) is 5.56 Å². The molecular formula is C14H15FN2O2. The number of ether oxygens (including phenoxy) is 1. The van der Waals surface area contributed by atoms with Gasteiger partial charge in [0, 0.05) is 5.92 Å². The summed E-state index contributed by atoms with van der Waals surface area (Å²) in [6, 6.07) is 6.03. The molecule has 0 fully saturated rings. The van der Waals surface area contributed by atoms with E-state index in [4.69, 9.17) is 4.74 Å². The standard InChI is InChI=1S/C14H15FN2O2/c1-8(2)14-16-11(18)7-12(17-14)19-10-6-4-5-9(3)13(10)15/h4-8H,1-3H3,(H,16,17,18). The van der Waals surface area contributed by atoms with Gasteiger partial charge in [0.15, 0.2) is 11.6 Å². The van der Waals surface area contributed by atoms with Gasteiger partial charge in [-0.15, -0.1) is 0 Å². The van der Waals surface area contributed by atoms with Crippen LogP contribution in [0.4, 0.5) is 4.39 Å². The van der Waals surface area contributed by atoms with Crippen molar-refractivity contribution < 1.29 is 9.13 Å². The largest absolute Gasteiger partial charge is 0.436 e. The monoisotopic (exact) mass is 262 g/mol. The van der Waals surface area contributed by atoms with Crippen LogP contribution in [0.3, 0.4) is 0 Å². The van der Waals surface area contributed by atoms with Crippen molar-refractivity contribution in [3.63, 3.8) is 0 Å². The average molecular weight is 262 g/mol. The maximum absolute atomic E-state index is 13.8. The minimum atomic E-state index is -0.448. The van der Waals surface area contributed by atoms with Crippen molar-refractivity contribution in [1.29, 1.82) is 0 Å². The van der Waals surface area contributed by atoms with E-state index in [1.807, 2.05) is 13.8 Å². The second kappa shape index (κ2) is 5.22. The van der Waals surface area contributed by atoms with E-state index in [1.54, 1.807) is 19.1 Å². The van der Waals surface area contributed by atoms with Crippen LogP contribution in [0, 0.1) is 12.7 Å². The van der Waals surface area contributed by atoms with Crippen molar-refractivity contribution in [2.45, 2.75) is 26.7 Å². The van der Waals surface area contributed by atoms with Gasteiger partial charge in [-0.3, -0.25) is 4.79 Å². The van der Waals surface area contributed by atoms with Gasteiger partial charge >= 0.3 is 0 Å². The predicted octanol–water partition coefficient (Wildman–Crippen LogP) is 3.13. The van der Waals surface area contributed by atoms with Crippen molar-refractivity contribution in [3.05, 3.63) is 51.8 Å². The van der Waals surface area contributed by atoms with Crippen molar-refractivity contribution in [3.8, 4) is 11.6 Å². The Morgan fingerprint density at radius 1 is 1.37 bits per heavy atom. The highest BCUT2D eigenvalue weighted by Crippen LogP contribution is 2.24. The van der Waals surface area contributed by atoms with Crippen LogP contribution in [0.25, 0.3) is 0 Å². The number of hydrogen-bond acceptors (Lipinski definition) is 3. The Hall–Kier alpha value is -2.17. The molecule has 0 aliphatic rings. The van der Waals surface area contributed by atoms with Crippen LogP contribution in [0.15, 0.2) is 29.1 Å². The van der Waals surface area contributed by atoms with Crippen LogP contribution in [0.5, 0.6) is 11.6 Å². The third-order valence-electron chi connectivity index (χ3n) is 2.65. The zero-order valence-corrected chi connectivity index (χ0v) is 11.0. The lowest BCUT2D eigenvalue weighted by molar-refractivity contribution is 0.420. The second-order valence-corrected chi connectivity index (χ2v) is 4.61. The Morgan fingerprint density at radius 3 is 2.79 bits per heavy atom. The Bertz CT molecular complexity index is 650. The summed E-state index contributed by atoms with van der Waals surface area (Å²) in [6.45, 7) is 5.44. The Balaban J connectivity index is 2.38. The fourth-order valence-corrected chi connectivity index (χ4v) is 1.59. The maximum Gasteiger partial charge on any atom is 0.254 e. The zero-order valence-electron chi connectivity index (χ0n) is 11.0. The summed E-state index contributed by atoms with van der Waals surface area (Å²) in [5, 5.41) is 0. The van der Waals surface area contributed by atoms with Gasteiger partial charge in [-0.2, -0.15) is 4.98 Å². The lowest BCUT2D eigenvalue weighted by atomic mass is 10.2. The molecule has 0 saturated heterocycles. The van der Waals surface area contributed by atoms with Gasteiger partial charge in [0.1, 0.15) is 5.82 Å². The summed E-state index contributed by atoms with van der Waals surface area (Å²) < 4.78 is 19.2. The normalized spacial score (nSPS) is 10.8. The second-order valence-electron chi connectivity index (χ2n) is 4.61. The molecule has 0 spiro atoms. The summed E-state index contributed by atoms with van der Waals surface area (Å²) in [5.41, 5.74) is 0.160. The molecule has 0 saturated carbocycles. The average Bonchev–Trinajstić information content (AvgIpc) is 2.34. The molecule has 100 valence electrons. The zero-order chi connectivity index (χ0) is 14.0. The number of rotatable bonds is 3. The molecule has 4 nitrogen and oxygen atoms in total. The minimum Gasteiger partial charge on any atom is -0.436 e. The number of H-pyrrole nitrogens is 1. The first-order valence-electron chi connectivity index (χ1n) is 6.01. The molecule has 1 aromatic heterocycles. The van der Waals surface area contributed by atoms with Crippen molar-refractivity contribution in [2.75, 3.05) is 0 Å². The van der Waals surface area contributed by atoms with Crippen molar-refractivity contribution in [1.82, 2.24) is 9.97 Å². The van der Waals surface area contributed by atoms with Crippen LogP contribution >= 0.6 is 0 Å².